The first-order valence-electron chi connectivity index (χ1n) is 12.4. The van der Waals surface area contributed by atoms with Gasteiger partial charge in [-0.15, -0.1) is 59.3 Å². The second-order valence-electron chi connectivity index (χ2n) is 8.37. The maximum atomic E-state index is 2.27. The van der Waals surface area contributed by atoms with Crippen LogP contribution in [0.2, 0.25) is 6.04 Å². The van der Waals surface area contributed by atoms with Crippen molar-refractivity contribution < 1.29 is 25.8 Å². The van der Waals surface area contributed by atoms with Crippen molar-refractivity contribution in [3.05, 3.63) is 115 Å². The summed E-state index contributed by atoms with van der Waals surface area (Å²) in [4.78, 5) is 0. The van der Waals surface area contributed by atoms with Crippen LogP contribution in [-0.4, -0.2) is 9.52 Å². The number of fused-ring (bicyclic) bond motifs is 2. The predicted molar refractivity (Wildman–Crippen MR) is 149 cm³/mol. The average Bonchev–Trinajstić information content (AvgIpc) is 3.54. The summed E-state index contributed by atoms with van der Waals surface area (Å²) in [6.45, 7) is 2.27. The van der Waals surface area contributed by atoms with E-state index in [1.165, 1.54) is 71.3 Å². The van der Waals surface area contributed by atoms with E-state index < -0.39 is 0 Å². The predicted octanol–water partition coefficient (Wildman–Crippen LogP) is 8.91. The van der Waals surface area contributed by atoms with Crippen LogP contribution in [0, 0.1) is 0 Å². The molecule has 0 saturated heterocycles. The van der Waals surface area contributed by atoms with Crippen LogP contribution >= 0.6 is 0 Å². The molecule has 2 heteroatoms. The van der Waals surface area contributed by atoms with Gasteiger partial charge in [-0.05, 0) is 0 Å². The molecule has 0 saturated carbocycles. The molecule has 5 aromatic rings. The molecule has 0 atom stereocenters. The third-order valence-corrected chi connectivity index (χ3v) is 7.07. The molecule has 0 aliphatic rings. The Morgan fingerprint density at radius 1 is 0.559 bits per heavy atom. The Morgan fingerprint density at radius 2 is 1.06 bits per heavy atom. The van der Waals surface area contributed by atoms with Gasteiger partial charge >= 0.3 is 0 Å². The molecule has 0 fully saturated rings. The van der Waals surface area contributed by atoms with Crippen LogP contribution in [0.25, 0.3) is 21.5 Å². The summed E-state index contributed by atoms with van der Waals surface area (Å²) in [7, 11) is 1.02. The number of hydrogen-bond donors (Lipinski definition) is 0. The number of unbranched alkanes of at least 4 members (excludes halogenated alkanes) is 5. The fourth-order valence-electron chi connectivity index (χ4n) is 3.83. The van der Waals surface area contributed by atoms with Crippen molar-refractivity contribution in [2.24, 2.45) is 0 Å². The van der Waals surface area contributed by atoms with Crippen molar-refractivity contribution in [3.63, 3.8) is 0 Å². The second-order valence-corrected chi connectivity index (χ2v) is 9.80. The molecule has 0 unspecified atom stereocenters. The Kier molecular flexibility index (Phi) is 14.4. The Hall–Kier alpha value is -2.03. The molecule has 0 heterocycles. The normalized spacial score (nSPS) is 10.0. The van der Waals surface area contributed by atoms with Crippen molar-refractivity contribution in [2.75, 3.05) is 0 Å². The molecule has 0 N–H and O–H groups in total. The summed E-state index contributed by atoms with van der Waals surface area (Å²) in [5, 5.41) is 6.84. The van der Waals surface area contributed by atoms with Crippen molar-refractivity contribution in [1.82, 2.24) is 0 Å². The van der Waals surface area contributed by atoms with Gasteiger partial charge in [0.15, 0.2) is 0 Å². The second kappa shape index (κ2) is 17.4. The first-order chi connectivity index (χ1) is 16.4. The molecule has 5 rings (SSSR count). The van der Waals surface area contributed by atoms with Crippen LogP contribution in [0.1, 0.15) is 45.4 Å². The maximum absolute atomic E-state index is 2.27. The van der Waals surface area contributed by atoms with Crippen molar-refractivity contribution in [2.45, 2.75) is 51.5 Å². The molecule has 0 spiro atoms. The molecule has 174 valence electrons. The van der Waals surface area contributed by atoms with Gasteiger partial charge < -0.3 is 0 Å². The molecule has 5 aromatic carbocycles. The third-order valence-electron chi connectivity index (χ3n) is 5.73. The quantitative estimate of drug-likeness (QED) is 0.0917. The minimum absolute atomic E-state index is 0. The molecule has 2 radical (unpaired) electrons. The minimum atomic E-state index is 0. The van der Waals surface area contributed by atoms with E-state index in [2.05, 4.69) is 122 Å². The molecular formula is C32H36HfSi-2. The largest absolute Gasteiger partial charge is 0.168 e. The molecule has 0 aliphatic heterocycles. The van der Waals surface area contributed by atoms with E-state index in [0.717, 1.165) is 9.52 Å². The Morgan fingerprint density at radius 3 is 1.62 bits per heavy atom. The average molecular weight is 627 g/mol. The van der Waals surface area contributed by atoms with Gasteiger partial charge in [0.1, 0.15) is 0 Å². The monoisotopic (exact) mass is 628 g/mol. The molecule has 0 aromatic heterocycles. The summed E-state index contributed by atoms with van der Waals surface area (Å²) < 4.78 is 0. The van der Waals surface area contributed by atoms with Gasteiger partial charge in [0.25, 0.3) is 0 Å². The van der Waals surface area contributed by atoms with Gasteiger partial charge in [-0.2, -0.15) is 35.0 Å². The zero-order chi connectivity index (χ0) is 23.0. The summed E-state index contributed by atoms with van der Waals surface area (Å²) in [6, 6.07) is 41.6. The standard InChI is InChI=1S/C14H22Si.2C9H7.Hf/c1-2-3-4-5-6-10-13-15-14-11-8-7-9-12-14;2*1-2-5-9-7-3-6-8(9)4-1;/h7-9,11-12H,2-6,10,13H2,1H3;2*1-7H;/q;2*-1;. The number of hydrogen-bond acceptors (Lipinski definition) is 0. The molecule has 0 nitrogen and oxygen atoms in total. The summed E-state index contributed by atoms with van der Waals surface area (Å²) in [5.41, 5.74) is 0. The van der Waals surface area contributed by atoms with E-state index in [0.29, 0.717) is 0 Å². The first kappa shape index (κ1) is 28.2. The molecule has 0 aliphatic carbocycles. The fourth-order valence-corrected chi connectivity index (χ4v) is 4.98. The molecule has 34 heavy (non-hydrogen) atoms. The van der Waals surface area contributed by atoms with Crippen molar-refractivity contribution >= 4 is 36.3 Å². The molecular weight excluding hydrogens is 591 g/mol. The van der Waals surface area contributed by atoms with E-state index in [4.69, 9.17) is 0 Å². The van der Waals surface area contributed by atoms with E-state index >= 15 is 0 Å². The number of benzene rings is 3. The van der Waals surface area contributed by atoms with Crippen LogP contribution in [-0.2, 0) is 25.8 Å². The van der Waals surface area contributed by atoms with Gasteiger partial charge in [-0.25, -0.2) is 0 Å². The zero-order valence-corrected chi connectivity index (χ0v) is 25.0. The van der Waals surface area contributed by atoms with E-state index in [-0.39, 0.29) is 25.8 Å². The summed E-state index contributed by atoms with van der Waals surface area (Å²) in [6.07, 6.45) is 8.49. The van der Waals surface area contributed by atoms with E-state index in [9.17, 15) is 0 Å². The van der Waals surface area contributed by atoms with Gasteiger partial charge in [-0.3, -0.25) is 0 Å². The number of rotatable bonds is 8. The Balaban J connectivity index is 0.000000185. The smallest absolute Gasteiger partial charge is 0.0807 e. The maximum Gasteiger partial charge on any atom is 0.0807 e. The van der Waals surface area contributed by atoms with Gasteiger partial charge in [-0.1, -0.05) is 99.1 Å². The van der Waals surface area contributed by atoms with Crippen LogP contribution in [0.5, 0.6) is 0 Å². The fraction of sp³-hybridized carbons (Fsp3) is 0.250. The summed E-state index contributed by atoms with van der Waals surface area (Å²) in [5.74, 6) is 0. The van der Waals surface area contributed by atoms with Gasteiger partial charge in [0.05, 0.1) is 9.52 Å². The minimum Gasteiger partial charge on any atom is -0.168 e. The molecule has 0 amide bonds. The van der Waals surface area contributed by atoms with Gasteiger partial charge in [0.2, 0.25) is 0 Å². The van der Waals surface area contributed by atoms with Crippen molar-refractivity contribution in [3.8, 4) is 0 Å². The Labute approximate surface area is 227 Å². The van der Waals surface area contributed by atoms with Crippen LogP contribution < -0.4 is 5.19 Å². The summed E-state index contributed by atoms with van der Waals surface area (Å²) >= 11 is 0. The van der Waals surface area contributed by atoms with Gasteiger partial charge in [0, 0.05) is 25.8 Å². The SMILES string of the molecule is CCCCCCCC[Si]c1ccccc1.[Hf].c1ccc2[cH-]ccc2c1.c1ccc2[cH-]ccc2c1. The van der Waals surface area contributed by atoms with Crippen LogP contribution in [0.15, 0.2) is 115 Å². The van der Waals surface area contributed by atoms with Crippen LogP contribution in [0.3, 0.4) is 0 Å². The van der Waals surface area contributed by atoms with E-state index in [1.807, 2.05) is 0 Å². The van der Waals surface area contributed by atoms with Crippen LogP contribution in [0.4, 0.5) is 0 Å². The van der Waals surface area contributed by atoms with Crippen molar-refractivity contribution in [1.29, 1.82) is 0 Å². The topological polar surface area (TPSA) is 0 Å². The third kappa shape index (κ3) is 10.5. The Bertz CT molecular complexity index is 1010. The zero-order valence-electron chi connectivity index (χ0n) is 20.4. The van der Waals surface area contributed by atoms with E-state index in [1.54, 1.807) is 0 Å². The first-order valence-corrected chi connectivity index (χ1v) is 13.6. The molecule has 0 bridgehead atoms.